The number of likely N-dealkylation sites (N-methyl/N-ethyl adjacent to an activating group) is 1. The number of para-hydroxylation sites is 1. The van der Waals surface area contributed by atoms with E-state index in [2.05, 4.69) is 10.6 Å². The van der Waals surface area contributed by atoms with Crippen LogP contribution in [0.15, 0.2) is 24.3 Å². The van der Waals surface area contributed by atoms with Gasteiger partial charge in [0.1, 0.15) is 23.9 Å². The Labute approximate surface area is 178 Å². The van der Waals surface area contributed by atoms with Crippen molar-refractivity contribution in [2.75, 3.05) is 13.6 Å². The first-order chi connectivity index (χ1) is 14.1. The molecule has 1 aromatic carbocycles. The van der Waals surface area contributed by atoms with Gasteiger partial charge in [0.2, 0.25) is 11.8 Å². The maximum absolute atomic E-state index is 13.1. The second-order valence-electron chi connectivity index (χ2n) is 8.66. The molecular weight excluding hydrogens is 386 g/mol. The van der Waals surface area contributed by atoms with Crippen LogP contribution in [0.5, 0.6) is 5.75 Å². The van der Waals surface area contributed by atoms with Gasteiger partial charge in [-0.3, -0.25) is 9.59 Å². The highest BCUT2D eigenvalue weighted by Crippen LogP contribution is 2.29. The second kappa shape index (κ2) is 10.3. The minimum absolute atomic E-state index is 0.0583. The fourth-order valence-corrected chi connectivity index (χ4v) is 3.50. The Bertz CT molecular complexity index is 753. The maximum Gasteiger partial charge on any atom is 0.408 e. The summed E-state index contributed by atoms with van der Waals surface area (Å²) in [5.41, 5.74) is -0.351. The lowest BCUT2D eigenvalue weighted by atomic mass is 9.94. The molecule has 3 amide bonds. The number of phenolic OH excluding ortho intramolecular Hbond substituents is 1. The van der Waals surface area contributed by atoms with Crippen LogP contribution in [0.1, 0.15) is 64.5 Å². The zero-order valence-electron chi connectivity index (χ0n) is 18.2. The lowest BCUT2D eigenvalue weighted by molar-refractivity contribution is -0.139. The van der Waals surface area contributed by atoms with Gasteiger partial charge in [-0.05, 0) is 39.7 Å². The van der Waals surface area contributed by atoms with E-state index >= 15 is 0 Å². The quantitative estimate of drug-likeness (QED) is 0.657. The molecule has 0 saturated heterocycles. The second-order valence-corrected chi connectivity index (χ2v) is 8.66. The van der Waals surface area contributed by atoms with Crippen molar-refractivity contribution in [3.63, 3.8) is 0 Å². The van der Waals surface area contributed by atoms with Crippen LogP contribution >= 0.6 is 0 Å². The Morgan fingerprint density at radius 3 is 2.40 bits per heavy atom. The van der Waals surface area contributed by atoms with E-state index in [0.717, 1.165) is 32.1 Å². The molecule has 0 bridgehead atoms. The number of hydrogen-bond donors (Lipinski definition) is 3. The standard InChI is InChI=1S/C22H33N3O5/c1-22(2,3)30-21(29)23-14-18(27)25(4)19(16-12-8-9-13-17(16)26)20(28)24-15-10-6-5-7-11-15/h8-9,12-13,15,19,26H,5-7,10-11,14H2,1-4H3,(H,23,29)(H,24,28). The third-order valence-electron chi connectivity index (χ3n) is 4.99. The molecular formula is C22H33N3O5. The molecule has 1 unspecified atom stereocenters. The average Bonchev–Trinajstić information content (AvgIpc) is 2.67. The van der Waals surface area contributed by atoms with Gasteiger partial charge < -0.3 is 25.4 Å². The summed E-state index contributed by atoms with van der Waals surface area (Å²) in [6.45, 7) is 4.85. The first kappa shape index (κ1) is 23.5. The van der Waals surface area contributed by atoms with Gasteiger partial charge in [-0.25, -0.2) is 4.79 Å². The lowest BCUT2D eigenvalue weighted by Gasteiger charge is -2.31. The normalized spacial score (nSPS) is 15.7. The number of carbonyl (C=O) groups is 3. The van der Waals surface area contributed by atoms with Gasteiger partial charge in [0, 0.05) is 18.7 Å². The smallest absolute Gasteiger partial charge is 0.408 e. The molecule has 3 N–H and O–H groups in total. The van der Waals surface area contributed by atoms with E-state index in [0.29, 0.717) is 5.56 Å². The molecule has 1 atom stereocenters. The summed E-state index contributed by atoms with van der Waals surface area (Å²) in [4.78, 5) is 38.9. The highest BCUT2D eigenvalue weighted by atomic mass is 16.6. The molecule has 30 heavy (non-hydrogen) atoms. The number of phenols is 1. The van der Waals surface area contributed by atoms with Crippen LogP contribution in [-0.4, -0.2) is 53.1 Å². The third-order valence-corrected chi connectivity index (χ3v) is 4.99. The highest BCUT2D eigenvalue weighted by Gasteiger charge is 2.32. The van der Waals surface area contributed by atoms with Gasteiger partial charge in [0.25, 0.3) is 0 Å². The van der Waals surface area contributed by atoms with E-state index in [1.165, 1.54) is 18.0 Å². The summed E-state index contributed by atoms with van der Waals surface area (Å²) < 4.78 is 5.14. The zero-order chi connectivity index (χ0) is 22.3. The number of rotatable bonds is 6. The van der Waals surface area contributed by atoms with Gasteiger partial charge in [-0.15, -0.1) is 0 Å². The fraction of sp³-hybridized carbons (Fsp3) is 0.591. The third kappa shape index (κ3) is 6.93. The van der Waals surface area contributed by atoms with Crippen LogP contribution in [-0.2, 0) is 14.3 Å². The molecule has 1 saturated carbocycles. The number of hydrogen-bond acceptors (Lipinski definition) is 5. The summed E-state index contributed by atoms with van der Waals surface area (Å²) in [7, 11) is 1.48. The zero-order valence-corrected chi connectivity index (χ0v) is 18.2. The maximum atomic E-state index is 13.1. The molecule has 0 radical (unpaired) electrons. The molecule has 1 aromatic rings. The Balaban J connectivity index is 2.12. The molecule has 0 spiro atoms. The van der Waals surface area contributed by atoms with Crippen molar-refractivity contribution in [2.45, 2.75) is 70.6 Å². The SMILES string of the molecule is CN(C(=O)CNC(=O)OC(C)(C)C)C(C(=O)NC1CCCCC1)c1ccccc1O. The van der Waals surface area contributed by atoms with Crippen LogP contribution in [0.4, 0.5) is 4.79 Å². The van der Waals surface area contributed by atoms with Crippen molar-refractivity contribution in [1.29, 1.82) is 0 Å². The van der Waals surface area contributed by atoms with Crippen molar-refractivity contribution in [3.05, 3.63) is 29.8 Å². The summed E-state index contributed by atoms with van der Waals surface area (Å²) in [5, 5.41) is 15.7. The number of amides is 3. The molecule has 0 aliphatic heterocycles. The van der Waals surface area contributed by atoms with E-state index in [1.54, 1.807) is 39.0 Å². The van der Waals surface area contributed by atoms with Crippen LogP contribution in [0.2, 0.25) is 0 Å². The monoisotopic (exact) mass is 419 g/mol. The average molecular weight is 420 g/mol. The molecule has 0 aromatic heterocycles. The summed E-state index contributed by atoms with van der Waals surface area (Å²) in [6, 6.07) is 5.50. The number of aromatic hydroxyl groups is 1. The number of ether oxygens (including phenoxy) is 1. The highest BCUT2D eigenvalue weighted by molar-refractivity contribution is 5.90. The van der Waals surface area contributed by atoms with Gasteiger partial charge in [-0.1, -0.05) is 37.5 Å². The number of carbonyl (C=O) groups excluding carboxylic acids is 3. The van der Waals surface area contributed by atoms with Crippen molar-refractivity contribution < 1.29 is 24.2 Å². The van der Waals surface area contributed by atoms with Crippen LogP contribution < -0.4 is 10.6 Å². The van der Waals surface area contributed by atoms with E-state index in [4.69, 9.17) is 4.74 Å². The van der Waals surface area contributed by atoms with Crippen LogP contribution in [0.3, 0.4) is 0 Å². The van der Waals surface area contributed by atoms with Crippen LogP contribution in [0.25, 0.3) is 0 Å². The van der Waals surface area contributed by atoms with Crippen LogP contribution in [0, 0.1) is 0 Å². The van der Waals surface area contributed by atoms with Gasteiger partial charge in [-0.2, -0.15) is 0 Å². The van der Waals surface area contributed by atoms with Crippen molar-refractivity contribution in [3.8, 4) is 5.75 Å². The molecule has 166 valence electrons. The van der Waals surface area contributed by atoms with Crippen molar-refractivity contribution in [1.82, 2.24) is 15.5 Å². The first-order valence-electron chi connectivity index (χ1n) is 10.4. The molecule has 8 nitrogen and oxygen atoms in total. The first-order valence-corrected chi connectivity index (χ1v) is 10.4. The largest absolute Gasteiger partial charge is 0.508 e. The molecule has 2 rings (SSSR count). The van der Waals surface area contributed by atoms with Gasteiger partial charge in [0.15, 0.2) is 0 Å². The number of nitrogens with zero attached hydrogens (tertiary/aromatic N) is 1. The molecule has 0 heterocycles. The Morgan fingerprint density at radius 2 is 1.80 bits per heavy atom. The van der Waals surface area contributed by atoms with E-state index in [-0.39, 0.29) is 24.2 Å². The Kier molecular flexibility index (Phi) is 8.08. The fourth-order valence-electron chi connectivity index (χ4n) is 3.50. The summed E-state index contributed by atoms with van der Waals surface area (Å²) in [6.07, 6.45) is 4.36. The van der Waals surface area contributed by atoms with Gasteiger partial charge >= 0.3 is 6.09 Å². The topological polar surface area (TPSA) is 108 Å². The van der Waals surface area contributed by atoms with E-state index in [9.17, 15) is 19.5 Å². The van der Waals surface area contributed by atoms with E-state index < -0.39 is 23.6 Å². The Morgan fingerprint density at radius 1 is 1.17 bits per heavy atom. The minimum Gasteiger partial charge on any atom is -0.508 e. The molecule has 1 fully saturated rings. The number of nitrogens with one attached hydrogen (secondary N) is 2. The van der Waals surface area contributed by atoms with Gasteiger partial charge in [0.05, 0.1) is 0 Å². The lowest BCUT2D eigenvalue weighted by Crippen LogP contribution is -2.48. The molecule has 1 aliphatic carbocycles. The molecule has 8 heteroatoms. The summed E-state index contributed by atoms with van der Waals surface area (Å²) in [5.74, 6) is -0.898. The van der Waals surface area contributed by atoms with Crippen molar-refractivity contribution >= 4 is 17.9 Å². The number of benzene rings is 1. The number of alkyl carbamates (subject to hydrolysis) is 1. The predicted octanol–water partition coefficient (Wildman–Crippen LogP) is 2.87. The Hall–Kier alpha value is -2.77. The minimum atomic E-state index is -1.01. The van der Waals surface area contributed by atoms with Crippen molar-refractivity contribution in [2.24, 2.45) is 0 Å². The summed E-state index contributed by atoms with van der Waals surface area (Å²) >= 11 is 0. The predicted molar refractivity (Wildman–Crippen MR) is 113 cm³/mol. The molecule has 1 aliphatic rings. The van der Waals surface area contributed by atoms with E-state index in [1.807, 2.05) is 0 Å².